The first-order valence-electron chi connectivity index (χ1n) is 7.99. The van der Waals surface area contributed by atoms with Crippen molar-refractivity contribution in [3.63, 3.8) is 0 Å². The summed E-state index contributed by atoms with van der Waals surface area (Å²) in [5.41, 5.74) is 2.85. The second-order valence-corrected chi connectivity index (χ2v) is 6.87. The van der Waals surface area contributed by atoms with Crippen LogP contribution in [0.5, 0.6) is 0 Å². The van der Waals surface area contributed by atoms with E-state index in [2.05, 4.69) is 43.2 Å². The quantitative estimate of drug-likeness (QED) is 0.598. The minimum absolute atomic E-state index is 0.0244. The Morgan fingerprint density at radius 1 is 1.00 bits per heavy atom. The van der Waals surface area contributed by atoms with Gasteiger partial charge in [-0.15, -0.1) is 0 Å². The van der Waals surface area contributed by atoms with Crippen molar-refractivity contribution < 1.29 is 0 Å². The molecule has 0 spiro atoms. The Morgan fingerprint density at radius 3 is 2.54 bits per heavy atom. The third-order valence-corrected chi connectivity index (χ3v) is 3.98. The largest absolute Gasteiger partial charge is 0.324 e. The predicted octanol–water partition coefficient (Wildman–Crippen LogP) is 4.32. The second kappa shape index (κ2) is 5.30. The second-order valence-electron chi connectivity index (χ2n) is 6.87. The molecule has 0 radical (unpaired) electrons. The lowest BCUT2D eigenvalue weighted by Gasteiger charge is -2.13. The topological polar surface area (TPSA) is 55.1 Å². The smallest absolute Gasteiger partial charge is 0.158 e. The monoisotopic (exact) mass is 317 g/mol. The number of rotatable bonds is 2. The fraction of sp³-hybridized carbons (Fsp3) is 0.211. The summed E-state index contributed by atoms with van der Waals surface area (Å²) in [6.45, 7) is 6.47. The molecule has 24 heavy (non-hydrogen) atoms. The Balaban J connectivity index is 1.95. The van der Waals surface area contributed by atoms with E-state index in [9.17, 15) is 0 Å². The Hall–Kier alpha value is -2.95. The van der Waals surface area contributed by atoms with Gasteiger partial charge in [0.15, 0.2) is 5.65 Å². The zero-order valence-electron chi connectivity index (χ0n) is 14.0. The maximum Gasteiger partial charge on any atom is 0.158 e. The van der Waals surface area contributed by atoms with Gasteiger partial charge in [-0.2, -0.15) is 5.10 Å². The van der Waals surface area contributed by atoms with E-state index in [1.165, 1.54) is 0 Å². The summed E-state index contributed by atoms with van der Waals surface area (Å²) >= 11 is 0. The molecule has 3 heterocycles. The summed E-state index contributed by atoms with van der Waals surface area (Å²) < 4.78 is 1.92. The van der Waals surface area contributed by atoms with Gasteiger partial charge in [0, 0.05) is 23.1 Å². The van der Waals surface area contributed by atoms with Gasteiger partial charge in [-0.05, 0) is 24.3 Å². The Kier molecular flexibility index (Phi) is 3.23. The van der Waals surface area contributed by atoms with Gasteiger partial charge in [0.1, 0.15) is 11.6 Å². The first-order valence-corrected chi connectivity index (χ1v) is 7.99. The number of aromatic nitrogens is 4. The van der Waals surface area contributed by atoms with E-state index in [1.807, 2.05) is 40.9 Å². The fourth-order valence-electron chi connectivity index (χ4n) is 2.68. The lowest BCUT2D eigenvalue weighted by molar-refractivity contribution is 0.564. The summed E-state index contributed by atoms with van der Waals surface area (Å²) in [7, 11) is 0. The summed E-state index contributed by atoms with van der Waals surface area (Å²) in [4.78, 5) is 9.11. The van der Waals surface area contributed by atoms with Crippen LogP contribution in [0.2, 0.25) is 0 Å². The highest BCUT2D eigenvalue weighted by molar-refractivity contribution is 5.92. The molecule has 4 aromatic rings. The number of benzene rings is 1. The third-order valence-electron chi connectivity index (χ3n) is 3.98. The Bertz CT molecular complexity index is 1010. The van der Waals surface area contributed by atoms with Crippen molar-refractivity contribution in [2.24, 2.45) is 0 Å². The van der Waals surface area contributed by atoms with Crippen molar-refractivity contribution in [2.45, 2.75) is 26.2 Å². The van der Waals surface area contributed by atoms with Crippen molar-refractivity contribution in [3.05, 3.63) is 60.4 Å². The van der Waals surface area contributed by atoms with Gasteiger partial charge in [-0.3, -0.25) is 0 Å². The summed E-state index contributed by atoms with van der Waals surface area (Å²) in [5, 5.41) is 9.11. The number of pyridine rings is 1. The molecular formula is C19H19N5. The van der Waals surface area contributed by atoms with Crippen LogP contribution >= 0.6 is 0 Å². The summed E-state index contributed by atoms with van der Waals surface area (Å²) in [6.07, 6.45) is 1.76. The molecular weight excluding hydrogens is 298 g/mol. The van der Waals surface area contributed by atoms with Crippen molar-refractivity contribution in [3.8, 4) is 0 Å². The van der Waals surface area contributed by atoms with E-state index in [-0.39, 0.29) is 5.41 Å². The number of nitrogens with one attached hydrogen (secondary N) is 1. The lowest BCUT2D eigenvalue weighted by atomic mass is 9.93. The molecule has 3 aromatic heterocycles. The molecule has 1 N–H and O–H groups in total. The van der Waals surface area contributed by atoms with Gasteiger partial charge >= 0.3 is 0 Å². The molecule has 0 aliphatic heterocycles. The van der Waals surface area contributed by atoms with Crippen LogP contribution in [0.1, 0.15) is 26.5 Å². The third kappa shape index (κ3) is 2.48. The average molecular weight is 317 g/mol. The van der Waals surface area contributed by atoms with Gasteiger partial charge in [0.05, 0.1) is 11.2 Å². The zero-order chi connectivity index (χ0) is 16.7. The number of fused-ring (bicyclic) bond motifs is 3. The van der Waals surface area contributed by atoms with E-state index < -0.39 is 0 Å². The summed E-state index contributed by atoms with van der Waals surface area (Å²) in [5.74, 6) is 1.56. The number of hydrogen-bond donors (Lipinski definition) is 1. The van der Waals surface area contributed by atoms with E-state index in [0.29, 0.717) is 0 Å². The van der Waals surface area contributed by atoms with Crippen molar-refractivity contribution in [2.75, 3.05) is 5.32 Å². The molecule has 0 saturated heterocycles. The van der Waals surface area contributed by atoms with Gasteiger partial charge in [0.25, 0.3) is 0 Å². The molecule has 0 aliphatic rings. The molecule has 0 saturated carbocycles. The fourth-order valence-corrected chi connectivity index (χ4v) is 2.68. The number of nitrogens with zero attached hydrogens (tertiary/aromatic N) is 4. The Labute approximate surface area is 140 Å². The normalized spacial score (nSPS) is 12.0. The van der Waals surface area contributed by atoms with Gasteiger partial charge in [-0.25, -0.2) is 14.5 Å². The van der Waals surface area contributed by atoms with E-state index >= 15 is 0 Å². The highest BCUT2D eigenvalue weighted by Gasteiger charge is 2.20. The molecule has 5 nitrogen and oxygen atoms in total. The predicted molar refractivity (Wildman–Crippen MR) is 96.7 cm³/mol. The molecule has 4 rings (SSSR count). The summed E-state index contributed by atoms with van der Waals surface area (Å²) in [6, 6.07) is 16.0. The molecule has 0 unspecified atom stereocenters. The SMILES string of the molecule is CC(C)(C)c1cc2nc(Nc3ccccn3)c3ccccc3n2n1. The first kappa shape index (κ1) is 14.6. The van der Waals surface area contributed by atoms with Gasteiger partial charge in [0.2, 0.25) is 0 Å². The van der Waals surface area contributed by atoms with Crippen LogP contribution < -0.4 is 5.32 Å². The zero-order valence-corrected chi connectivity index (χ0v) is 14.0. The highest BCUT2D eigenvalue weighted by Crippen LogP contribution is 2.28. The van der Waals surface area contributed by atoms with Crippen LogP contribution in [0.15, 0.2) is 54.7 Å². The van der Waals surface area contributed by atoms with Crippen molar-refractivity contribution in [1.29, 1.82) is 0 Å². The molecule has 120 valence electrons. The minimum atomic E-state index is -0.0244. The molecule has 0 bridgehead atoms. The number of hydrogen-bond acceptors (Lipinski definition) is 4. The van der Waals surface area contributed by atoms with E-state index in [4.69, 9.17) is 10.1 Å². The highest BCUT2D eigenvalue weighted by atomic mass is 15.3. The average Bonchev–Trinajstić information content (AvgIpc) is 3.01. The molecule has 0 amide bonds. The van der Waals surface area contributed by atoms with Crippen molar-refractivity contribution >= 4 is 28.2 Å². The minimum Gasteiger partial charge on any atom is -0.324 e. The van der Waals surface area contributed by atoms with E-state index in [0.717, 1.165) is 33.9 Å². The Morgan fingerprint density at radius 2 is 1.79 bits per heavy atom. The van der Waals surface area contributed by atoms with Crippen LogP contribution in [0.25, 0.3) is 16.6 Å². The van der Waals surface area contributed by atoms with Gasteiger partial charge in [-0.1, -0.05) is 39.0 Å². The molecule has 0 aliphatic carbocycles. The first-order chi connectivity index (χ1) is 11.5. The van der Waals surface area contributed by atoms with E-state index in [1.54, 1.807) is 6.20 Å². The molecule has 0 atom stereocenters. The van der Waals surface area contributed by atoms with Crippen LogP contribution in [-0.4, -0.2) is 19.6 Å². The lowest BCUT2D eigenvalue weighted by Crippen LogP contribution is -2.11. The van der Waals surface area contributed by atoms with Gasteiger partial charge < -0.3 is 5.32 Å². The molecule has 5 heteroatoms. The maximum absolute atomic E-state index is 4.78. The standard InChI is InChI=1S/C19H19N5/c1-19(2,3)15-12-17-22-18(21-16-10-6-7-11-20-16)13-8-4-5-9-14(13)24(17)23-15/h4-12H,1-3H3,(H,20,21,22). The molecule has 0 fully saturated rings. The van der Waals surface area contributed by atoms with Crippen LogP contribution in [0.3, 0.4) is 0 Å². The van der Waals surface area contributed by atoms with Crippen molar-refractivity contribution in [1.82, 2.24) is 19.6 Å². The molecule has 1 aromatic carbocycles. The maximum atomic E-state index is 4.78. The van der Waals surface area contributed by atoms with Crippen LogP contribution in [0.4, 0.5) is 11.6 Å². The number of anilines is 2. The number of para-hydroxylation sites is 1. The van der Waals surface area contributed by atoms with Crippen LogP contribution in [-0.2, 0) is 5.41 Å². The van der Waals surface area contributed by atoms with Crippen LogP contribution in [0, 0.1) is 0 Å².